The van der Waals surface area contributed by atoms with Crippen LogP contribution in [0.25, 0.3) is 0 Å². The van der Waals surface area contributed by atoms with E-state index in [-0.39, 0.29) is 11.6 Å². The van der Waals surface area contributed by atoms with Gasteiger partial charge in [0.1, 0.15) is 5.82 Å². The number of halogens is 1. The van der Waals surface area contributed by atoms with Crippen molar-refractivity contribution in [3.05, 3.63) is 47.8 Å². The first kappa shape index (κ1) is 10.1. The largest absolute Gasteiger partial charge is 0.295 e. The molecule has 2 rings (SSSR count). The molecule has 1 aromatic carbocycles. The smallest absolute Gasteiger partial charge is 0.158 e. The molecular formula is C13H13FO. The van der Waals surface area contributed by atoms with Crippen molar-refractivity contribution in [1.82, 2.24) is 0 Å². The first-order valence-corrected chi connectivity index (χ1v) is 5.13. The molecule has 0 aromatic heterocycles. The molecule has 1 aliphatic carbocycles. The van der Waals surface area contributed by atoms with Gasteiger partial charge in [-0.3, -0.25) is 4.79 Å². The molecule has 1 nitrogen and oxygen atoms in total. The van der Waals surface area contributed by atoms with Gasteiger partial charge in [0.15, 0.2) is 5.78 Å². The van der Waals surface area contributed by atoms with Crippen molar-refractivity contribution in [3.63, 3.8) is 0 Å². The standard InChI is InChI=1S/C13H13FO/c1-9-8-11(4-7-13(9)15)10-2-5-12(14)6-3-10/h2-3,5-6,11H,1,4,7-8H2. The molecule has 0 bridgehead atoms. The lowest BCUT2D eigenvalue weighted by molar-refractivity contribution is -0.116. The zero-order valence-electron chi connectivity index (χ0n) is 8.50. The van der Waals surface area contributed by atoms with Gasteiger partial charge in [-0.15, -0.1) is 0 Å². The van der Waals surface area contributed by atoms with Crippen LogP contribution < -0.4 is 0 Å². The molecule has 1 unspecified atom stereocenters. The molecule has 1 atom stereocenters. The average molecular weight is 204 g/mol. The number of allylic oxidation sites excluding steroid dienone is 1. The molecule has 0 amide bonds. The van der Waals surface area contributed by atoms with Crippen molar-refractivity contribution < 1.29 is 9.18 Å². The molecule has 1 aromatic rings. The maximum Gasteiger partial charge on any atom is 0.158 e. The van der Waals surface area contributed by atoms with Crippen LogP contribution in [0.1, 0.15) is 30.7 Å². The maximum atomic E-state index is 12.7. The van der Waals surface area contributed by atoms with Crippen molar-refractivity contribution in [3.8, 4) is 0 Å². The summed E-state index contributed by atoms with van der Waals surface area (Å²) in [5, 5.41) is 0. The normalized spacial score (nSPS) is 21.8. The van der Waals surface area contributed by atoms with Crippen LogP contribution in [-0.2, 0) is 4.79 Å². The van der Waals surface area contributed by atoms with Crippen LogP contribution in [0, 0.1) is 5.82 Å². The summed E-state index contributed by atoms with van der Waals surface area (Å²) in [4.78, 5) is 11.3. The van der Waals surface area contributed by atoms with Crippen molar-refractivity contribution in [1.29, 1.82) is 0 Å². The molecule has 0 N–H and O–H groups in total. The number of carbonyl (C=O) groups excluding carboxylic acids is 1. The minimum Gasteiger partial charge on any atom is -0.295 e. The average Bonchev–Trinajstić information content (AvgIpc) is 2.23. The minimum atomic E-state index is -0.218. The summed E-state index contributed by atoms with van der Waals surface area (Å²) >= 11 is 0. The number of Topliss-reactive ketones (excluding diaryl/α,β-unsaturated/α-hetero) is 1. The second-order valence-electron chi connectivity index (χ2n) is 4.02. The number of hydrogen-bond acceptors (Lipinski definition) is 1. The molecule has 78 valence electrons. The summed E-state index contributed by atoms with van der Waals surface area (Å²) in [5.74, 6) is 0.286. The number of carbonyl (C=O) groups is 1. The van der Waals surface area contributed by atoms with E-state index in [1.54, 1.807) is 12.1 Å². The summed E-state index contributed by atoms with van der Waals surface area (Å²) in [5.41, 5.74) is 1.81. The highest BCUT2D eigenvalue weighted by Crippen LogP contribution is 2.33. The van der Waals surface area contributed by atoms with Crippen LogP contribution >= 0.6 is 0 Å². The van der Waals surface area contributed by atoms with E-state index < -0.39 is 0 Å². The highest BCUT2D eigenvalue weighted by molar-refractivity contribution is 5.95. The van der Waals surface area contributed by atoms with E-state index in [1.165, 1.54) is 12.1 Å². The predicted molar refractivity (Wildman–Crippen MR) is 57.1 cm³/mol. The topological polar surface area (TPSA) is 17.1 Å². The van der Waals surface area contributed by atoms with E-state index in [9.17, 15) is 9.18 Å². The number of rotatable bonds is 1. The fraction of sp³-hybridized carbons (Fsp3) is 0.308. The van der Waals surface area contributed by atoms with Gasteiger partial charge in [0.2, 0.25) is 0 Å². The molecule has 0 spiro atoms. The molecule has 0 aliphatic heterocycles. The van der Waals surface area contributed by atoms with Gasteiger partial charge >= 0.3 is 0 Å². The van der Waals surface area contributed by atoms with E-state index in [2.05, 4.69) is 6.58 Å². The van der Waals surface area contributed by atoms with Gasteiger partial charge in [0.05, 0.1) is 0 Å². The van der Waals surface area contributed by atoms with Gasteiger partial charge in [-0.25, -0.2) is 4.39 Å². The Morgan fingerprint density at radius 1 is 1.27 bits per heavy atom. The summed E-state index contributed by atoms with van der Waals surface area (Å²) in [7, 11) is 0. The van der Waals surface area contributed by atoms with E-state index in [0.29, 0.717) is 24.3 Å². The molecule has 0 radical (unpaired) electrons. The van der Waals surface area contributed by atoms with Gasteiger partial charge in [-0.2, -0.15) is 0 Å². The lowest BCUT2D eigenvalue weighted by Crippen LogP contribution is -2.14. The van der Waals surface area contributed by atoms with Crippen molar-refractivity contribution >= 4 is 5.78 Å². The fourth-order valence-corrected chi connectivity index (χ4v) is 2.01. The SMILES string of the molecule is C=C1CC(c2ccc(F)cc2)CCC1=O. The predicted octanol–water partition coefficient (Wildman–Crippen LogP) is 3.22. The Morgan fingerprint density at radius 3 is 2.53 bits per heavy atom. The van der Waals surface area contributed by atoms with E-state index in [0.717, 1.165) is 12.0 Å². The highest BCUT2D eigenvalue weighted by atomic mass is 19.1. The van der Waals surface area contributed by atoms with Crippen LogP contribution in [0.3, 0.4) is 0 Å². The first-order valence-electron chi connectivity index (χ1n) is 5.13. The lowest BCUT2D eigenvalue weighted by Gasteiger charge is -2.22. The Labute approximate surface area is 88.6 Å². The molecule has 2 heteroatoms. The summed E-state index contributed by atoms with van der Waals surface area (Å²) in [6.07, 6.45) is 2.13. The Balaban J connectivity index is 2.15. The zero-order chi connectivity index (χ0) is 10.8. The van der Waals surface area contributed by atoms with Crippen LogP contribution in [0.4, 0.5) is 4.39 Å². The monoisotopic (exact) mass is 204 g/mol. The third-order valence-electron chi connectivity index (χ3n) is 2.95. The molecule has 1 fully saturated rings. The van der Waals surface area contributed by atoms with E-state index in [1.807, 2.05) is 0 Å². The van der Waals surface area contributed by atoms with Crippen molar-refractivity contribution in [2.75, 3.05) is 0 Å². The quantitative estimate of drug-likeness (QED) is 0.642. The number of benzene rings is 1. The zero-order valence-corrected chi connectivity index (χ0v) is 8.50. The molecule has 1 saturated carbocycles. The Hall–Kier alpha value is -1.44. The molecular weight excluding hydrogens is 191 g/mol. The molecule has 0 heterocycles. The van der Waals surface area contributed by atoms with E-state index >= 15 is 0 Å². The van der Waals surface area contributed by atoms with Gasteiger partial charge in [-0.1, -0.05) is 18.7 Å². The van der Waals surface area contributed by atoms with Crippen molar-refractivity contribution in [2.24, 2.45) is 0 Å². The number of ketones is 1. The first-order chi connectivity index (χ1) is 7.16. The van der Waals surface area contributed by atoms with Crippen LogP contribution in [0.2, 0.25) is 0 Å². The molecule has 15 heavy (non-hydrogen) atoms. The third-order valence-corrected chi connectivity index (χ3v) is 2.95. The van der Waals surface area contributed by atoms with Crippen molar-refractivity contribution in [2.45, 2.75) is 25.2 Å². The van der Waals surface area contributed by atoms with Crippen LogP contribution in [-0.4, -0.2) is 5.78 Å². The molecule has 1 aliphatic rings. The summed E-state index contributed by atoms with van der Waals surface area (Å²) in [6, 6.07) is 6.52. The number of hydrogen-bond donors (Lipinski definition) is 0. The Morgan fingerprint density at radius 2 is 1.93 bits per heavy atom. The second kappa shape index (κ2) is 3.97. The Bertz CT molecular complexity index is 392. The fourth-order valence-electron chi connectivity index (χ4n) is 2.01. The van der Waals surface area contributed by atoms with Crippen LogP contribution in [0.15, 0.2) is 36.4 Å². The van der Waals surface area contributed by atoms with E-state index in [4.69, 9.17) is 0 Å². The minimum absolute atomic E-state index is 0.174. The van der Waals surface area contributed by atoms with Crippen LogP contribution in [0.5, 0.6) is 0 Å². The lowest BCUT2D eigenvalue weighted by atomic mass is 9.81. The summed E-state index contributed by atoms with van der Waals surface area (Å²) in [6.45, 7) is 3.76. The second-order valence-corrected chi connectivity index (χ2v) is 4.02. The highest BCUT2D eigenvalue weighted by Gasteiger charge is 2.22. The maximum absolute atomic E-state index is 12.7. The third kappa shape index (κ3) is 2.14. The summed E-state index contributed by atoms with van der Waals surface area (Å²) < 4.78 is 12.7. The van der Waals surface area contributed by atoms with Gasteiger partial charge < -0.3 is 0 Å². The van der Waals surface area contributed by atoms with Gasteiger partial charge in [-0.05, 0) is 42.0 Å². The van der Waals surface area contributed by atoms with Gasteiger partial charge in [0.25, 0.3) is 0 Å². The van der Waals surface area contributed by atoms with Gasteiger partial charge in [0, 0.05) is 6.42 Å². The Kier molecular flexibility index (Phi) is 2.67. The molecule has 0 saturated heterocycles.